The number of ether oxygens (including phenoxy) is 1. The molecule has 0 radical (unpaired) electrons. The number of rotatable bonds is 9. The molecule has 1 heterocycles. The molecule has 164 valence electrons. The van der Waals surface area contributed by atoms with E-state index in [1.54, 1.807) is 38.1 Å². The smallest absolute Gasteiger partial charge is 0.270 e. The van der Waals surface area contributed by atoms with Gasteiger partial charge in [-0.25, -0.2) is 0 Å². The molecular formula is C21H25N5O4S. The van der Waals surface area contributed by atoms with E-state index in [0.717, 1.165) is 11.3 Å². The van der Waals surface area contributed by atoms with Crippen LogP contribution in [0.5, 0.6) is 5.75 Å². The van der Waals surface area contributed by atoms with Gasteiger partial charge < -0.3 is 20.7 Å². The summed E-state index contributed by atoms with van der Waals surface area (Å²) in [4.78, 5) is 36.4. The number of amides is 2. The second-order valence-corrected chi connectivity index (χ2v) is 7.26. The van der Waals surface area contributed by atoms with Gasteiger partial charge in [-0.1, -0.05) is 6.07 Å². The zero-order chi connectivity index (χ0) is 22.8. The van der Waals surface area contributed by atoms with Crippen LogP contribution in [0.4, 0.5) is 5.69 Å². The van der Waals surface area contributed by atoms with E-state index < -0.39 is 5.91 Å². The molecule has 0 spiro atoms. The molecule has 0 saturated carbocycles. The minimum atomic E-state index is -0.509. The molecule has 2 rings (SSSR count). The van der Waals surface area contributed by atoms with Gasteiger partial charge in [-0.15, -0.1) is 11.3 Å². The standard InChI is InChI=1S/C21H25N5O4S/c1-4-23-18(27)13-30-15-9-7-8-14(10-15)25-12-17-20(29)26(6-3)21(31-17)16(11-22)19(28)24-5-2/h7-10,12,25H,4-6,13H2,1-3H3,(H,23,27)(H,24,28)/b17-12+,21-16-. The van der Waals surface area contributed by atoms with Gasteiger partial charge in [0.2, 0.25) is 0 Å². The van der Waals surface area contributed by atoms with Crippen LogP contribution in [-0.4, -0.2) is 36.1 Å². The van der Waals surface area contributed by atoms with Gasteiger partial charge in [0.15, 0.2) is 12.2 Å². The molecular weight excluding hydrogens is 418 g/mol. The normalized spacial score (nSPS) is 12.0. The molecule has 0 aliphatic heterocycles. The van der Waals surface area contributed by atoms with Crippen LogP contribution in [0.1, 0.15) is 20.8 Å². The van der Waals surface area contributed by atoms with Crippen molar-refractivity contribution in [2.24, 2.45) is 0 Å². The SMILES string of the molecule is CCNC(=O)COc1cccc(N/C=c2/s/c(=C(/C#N)C(=O)NCC)n(CC)c2=O)c1. The van der Waals surface area contributed by atoms with E-state index in [1.165, 1.54) is 10.8 Å². The third-order valence-electron chi connectivity index (χ3n) is 4.06. The van der Waals surface area contributed by atoms with Crippen LogP contribution < -0.4 is 35.4 Å². The zero-order valence-corrected chi connectivity index (χ0v) is 18.5. The van der Waals surface area contributed by atoms with Crippen molar-refractivity contribution in [2.75, 3.05) is 25.0 Å². The fourth-order valence-electron chi connectivity index (χ4n) is 2.66. The first-order valence-corrected chi connectivity index (χ1v) is 10.6. The van der Waals surface area contributed by atoms with E-state index in [0.29, 0.717) is 40.3 Å². The maximum atomic E-state index is 12.7. The average Bonchev–Trinajstić information content (AvgIpc) is 3.07. The Balaban J connectivity index is 2.34. The summed E-state index contributed by atoms with van der Waals surface area (Å²) in [6, 6.07) is 8.86. The minimum Gasteiger partial charge on any atom is -0.484 e. The third kappa shape index (κ3) is 6.20. The van der Waals surface area contributed by atoms with Gasteiger partial charge in [-0.3, -0.25) is 19.0 Å². The van der Waals surface area contributed by atoms with Crippen molar-refractivity contribution in [3.63, 3.8) is 0 Å². The molecule has 0 unspecified atom stereocenters. The van der Waals surface area contributed by atoms with E-state index in [4.69, 9.17) is 4.74 Å². The maximum Gasteiger partial charge on any atom is 0.270 e. The van der Waals surface area contributed by atoms with Crippen LogP contribution in [-0.2, 0) is 16.1 Å². The number of benzene rings is 1. The monoisotopic (exact) mass is 443 g/mol. The quantitative estimate of drug-likeness (QED) is 0.505. The van der Waals surface area contributed by atoms with Gasteiger partial charge in [-0.05, 0) is 32.9 Å². The number of carbonyl (C=O) groups excluding carboxylic acids is 2. The molecule has 0 atom stereocenters. The van der Waals surface area contributed by atoms with Crippen molar-refractivity contribution >= 4 is 40.6 Å². The van der Waals surface area contributed by atoms with Crippen LogP contribution in [0.25, 0.3) is 11.8 Å². The average molecular weight is 444 g/mol. The van der Waals surface area contributed by atoms with Gasteiger partial charge in [0.05, 0.1) is 0 Å². The fourth-order valence-corrected chi connectivity index (χ4v) is 3.75. The largest absolute Gasteiger partial charge is 0.484 e. The summed E-state index contributed by atoms with van der Waals surface area (Å²) in [5, 5.41) is 17.7. The number of carbonyl (C=O) groups is 2. The lowest BCUT2D eigenvalue weighted by atomic mass is 10.3. The maximum absolute atomic E-state index is 12.7. The minimum absolute atomic E-state index is 0.0915. The molecule has 0 saturated heterocycles. The molecule has 3 N–H and O–H groups in total. The van der Waals surface area contributed by atoms with E-state index in [2.05, 4.69) is 16.0 Å². The van der Waals surface area contributed by atoms with Crippen molar-refractivity contribution in [2.45, 2.75) is 27.3 Å². The number of nitrogens with zero attached hydrogens (tertiary/aromatic N) is 2. The molecule has 2 amide bonds. The number of likely N-dealkylation sites (N-methyl/N-ethyl adjacent to an activating group) is 1. The fraction of sp³-hybridized carbons (Fsp3) is 0.333. The molecule has 9 nitrogen and oxygen atoms in total. The van der Waals surface area contributed by atoms with Gasteiger partial charge in [0.1, 0.15) is 21.0 Å². The summed E-state index contributed by atoms with van der Waals surface area (Å²) in [6.07, 6.45) is 1.53. The van der Waals surface area contributed by atoms with Crippen molar-refractivity contribution in [1.29, 1.82) is 5.26 Å². The second-order valence-electron chi connectivity index (χ2n) is 6.23. The highest BCUT2D eigenvalue weighted by Gasteiger charge is 2.14. The summed E-state index contributed by atoms with van der Waals surface area (Å²) in [6.45, 7) is 6.50. The predicted octanol–water partition coefficient (Wildman–Crippen LogP) is 0.105. The molecule has 0 aliphatic carbocycles. The number of anilines is 1. The van der Waals surface area contributed by atoms with E-state index in [-0.39, 0.29) is 23.6 Å². The third-order valence-corrected chi connectivity index (χ3v) is 5.19. The highest BCUT2D eigenvalue weighted by atomic mass is 32.1. The highest BCUT2D eigenvalue weighted by Crippen LogP contribution is 2.17. The van der Waals surface area contributed by atoms with Crippen LogP contribution >= 0.6 is 11.3 Å². The number of nitriles is 1. The Hall–Kier alpha value is -3.58. The van der Waals surface area contributed by atoms with E-state index in [1.807, 2.05) is 13.0 Å². The summed E-state index contributed by atoms with van der Waals surface area (Å²) >= 11 is 1.07. The van der Waals surface area contributed by atoms with Crippen molar-refractivity contribution in [1.82, 2.24) is 15.2 Å². The first-order valence-electron chi connectivity index (χ1n) is 9.83. The van der Waals surface area contributed by atoms with Gasteiger partial charge in [0, 0.05) is 37.6 Å². The topological polar surface area (TPSA) is 125 Å². The van der Waals surface area contributed by atoms with Crippen LogP contribution in [0.15, 0.2) is 29.1 Å². The number of aromatic nitrogens is 1. The summed E-state index contributed by atoms with van der Waals surface area (Å²) in [5.74, 6) is -0.223. The molecule has 1 aromatic heterocycles. The molecule has 0 fully saturated rings. The Labute approximate surface area is 183 Å². The van der Waals surface area contributed by atoms with Crippen LogP contribution in [0, 0.1) is 11.3 Å². The molecule has 0 aliphatic rings. The summed E-state index contributed by atoms with van der Waals surface area (Å²) in [5.41, 5.74) is 0.265. The number of hydrogen-bond donors (Lipinski definition) is 3. The van der Waals surface area contributed by atoms with E-state index >= 15 is 0 Å². The van der Waals surface area contributed by atoms with Crippen molar-refractivity contribution in [3.8, 4) is 11.8 Å². The second kappa shape index (κ2) is 11.6. The zero-order valence-electron chi connectivity index (χ0n) is 17.7. The van der Waals surface area contributed by atoms with Crippen molar-refractivity contribution < 1.29 is 14.3 Å². The van der Waals surface area contributed by atoms with E-state index in [9.17, 15) is 19.6 Å². The first-order chi connectivity index (χ1) is 14.9. The Bertz CT molecular complexity index is 1160. The van der Waals surface area contributed by atoms with Gasteiger partial charge in [-0.2, -0.15) is 5.26 Å². The Kier molecular flexibility index (Phi) is 8.84. The van der Waals surface area contributed by atoms with Crippen LogP contribution in [0.3, 0.4) is 0 Å². The number of thiazole rings is 1. The molecule has 0 bridgehead atoms. The lowest BCUT2D eigenvalue weighted by Gasteiger charge is -2.07. The molecule has 10 heteroatoms. The Morgan fingerprint density at radius 1 is 1.23 bits per heavy atom. The Morgan fingerprint density at radius 2 is 1.97 bits per heavy atom. The van der Waals surface area contributed by atoms with Gasteiger partial charge >= 0.3 is 0 Å². The lowest BCUT2D eigenvalue weighted by Crippen LogP contribution is -2.34. The lowest BCUT2D eigenvalue weighted by molar-refractivity contribution is -0.123. The van der Waals surface area contributed by atoms with Gasteiger partial charge in [0.25, 0.3) is 17.4 Å². The van der Waals surface area contributed by atoms with Crippen molar-refractivity contribution in [3.05, 3.63) is 43.8 Å². The highest BCUT2D eigenvalue weighted by molar-refractivity contribution is 7.07. The summed E-state index contributed by atoms with van der Waals surface area (Å²) in [7, 11) is 0. The summed E-state index contributed by atoms with van der Waals surface area (Å²) < 4.78 is 7.52. The first kappa shape index (κ1) is 23.7. The number of nitrogens with one attached hydrogen (secondary N) is 3. The number of hydrogen-bond acceptors (Lipinski definition) is 7. The predicted molar refractivity (Wildman–Crippen MR) is 120 cm³/mol. The molecule has 31 heavy (non-hydrogen) atoms. The molecule has 1 aromatic carbocycles. The molecule has 2 aromatic rings. The van der Waals surface area contributed by atoms with Crippen LogP contribution in [0.2, 0.25) is 0 Å². The Morgan fingerprint density at radius 3 is 2.61 bits per heavy atom.